The Hall–Kier alpha value is -0.930. The van der Waals surface area contributed by atoms with E-state index in [9.17, 15) is 5.11 Å². The van der Waals surface area contributed by atoms with Gasteiger partial charge in [0.2, 0.25) is 5.79 Å². The largest absolute Gasteiger partial charge is 0.363 e. The highest BCUT2D eigenvalue weighted by Crippen LogP contribution is 2.55. The number of nitrogens with zero attached hydrogens (tertiary/aromatic N) is 1. The van der Waals surface area contributed by atoms with Gasteiger partial charge in [0.15, 0.2) is 6.10 Å². The maximum absolute atomic E-state index is 10.4. The quantitative estimate of drug-likeness (QED) is 0.777. The van der Waals surface area contributed by atoms with E-state index in [1.807, 2.05) is 18.2 Å². The second kappa shape index (κ2) is 3.82. The van der Waals surface area contributed by atoms with E-state index >= 15 is 0 Å². The Morgan fingerprint density at radius 3 is 2.75 bits per heavy atom. The molecule has 16 heavy (non-hydrogen) atoms. The molecule has 1 aliphatic carbocycles. The van der Waals surface area contributed by atoms with Crippen LogP contribution in [0, 0.1) is 5.92 Å². The van der Waals surface area contributed by atoms with E-state index in [1.165, 1.54) is 19.3 Å². The van der Waals surface area contributed by atoms with Gasteiger partial charge in [-0.2, -0.15) is 0 Å². The Kier molecular flexibility index (Phi) is 2.45. The predicted octanol–water partition coefficient (Wildman–Crippen LogP) is 2.42. The fourth-order valence-electron chi connectivity index (χ4n) is 2.78. The van der Waals surface area contributed by atoms with Gasteiger partial charge in [0.1, 0.15) is 0 Å². The zero-order valence-corrected chi connectivity index (χ0v) is 9.30. The van der Waals surface area contributed by atoms with Crippen LogP contribution in [-0.2, 0) is 4.74 Å². The van der Waals surface area contributed by atoms with E-state index in [-0.39, 0.29) is 6.10 Å². The second-order valence-corrected chi connectivity index (χ2v) is 4.84. The average Bonchev–Trinajstić information content (AvgIpc) is 3.06. The van der Waals surface area contributed by atoms with Crippen LogP contribution in [-0.4, -0.2) is 15.9 Å². The first-order valence-corrected chi connectivity index (χ1v) is 6.12. The van der Waals surface area contributed by atoms with E-state index in [2.05, 4.69) is 4.98 Å². The Balaban J connectivity index is 1.73. The number of hydrogen-bond donors (Lipinski definition) is 1. The van der Waals surface area contributed by atoms with Crippen LogP contribution < -0.4 is 0 Å². The summed E-state index contributed by atoms with van der Waals surface area (Å²) >= 11 is 0. The van der Waals surface area contributed by atoms with Crippen LogP contribution in [0.2, 0.25) is 0 Å². The first-order valence-electron chi connectivity index (χ1n) is 6.12. The molecule has 0 amide bonds. The maximum Gasteiger partial charge on any atom is 0.202 e. The van der Waals surface area contributed by atoms with Crippen molar-refractivity contribution in [3.63, 3.8) is 0 Å². The number of rotatable bonds is 2. The summed E-state index contributed by atoms with van der Waals surface area (Å²) in [5.74, 6) is -0.623. The van der Waals surface area contributed by atoms with Gasteiger partial charge in [-0.25, -0.2) is 0 Å². The lowest BCUT2D eigenvalue weighted by atomic mass is 9.83. The second-order valence-electron chi connectivity index (χ2n) is 4.84. The average molecular weight is 219 g/mol. The van der Waals surface area contributed by atoms with E-state index in [0.29, 0.717) is 5.92 Å². The molecule has 0 aromatic carbocycles. The van der Waals surface area contributed by atoms with Gasteiger partial charge in [0.25, 0.3) is 0 Å². The summed E-state index contributed by atoms with van der Waals surface area (Å²) < 4.78 is 5.52. The smallest absolute Gasteiger partial charge is 0.202 e. The summed E-state index contributed by atoms with van der Waals surface area (Å²) in [6.07, 6.45) is 7.44. The van der Waals surface area contributed by atoms with Gasteiger partial charge in [0, 0.05) is 12.1 Å². The van der Waals surface area contributed by atoms with Crippen molar-refractivity contribution in [1.29, 1.82) is 0 Å². The maximum atomic E-state index is 10.4. The van der Waals surface area contributed by atoms with Crippen molar-refractivity contribution in [1.82, 2.24) is 4.98 Å². The molecule has 2 heterocycles. The number of ether oxygens (including phenoxy) is 1. The highest BCUT2D eigenvalue weighted by atomic mass is 16.7. The molecule has 3 heteroatoms. The molecule has 0 bridgehead atoms. The lowest BCUT2D eigenvalue weighted by Gasteiger charge is -2.24. The SMILES string of the molecule is OC1(C2CCCCC2)OC1c1ccccn1. The molecule has 1 aromatic heterocycles. The van der Waals surface area contributed by atoms with Gasteiger partial charge in [0.05, 0.1) is 5.69 Å². The minimum absolute atomic E-state index is 0.197. The molecule has 0 spiro atoms. The van der Waals surface area contributed by atoms with Crippen molar-refractivity contribution in [2.45, 2.75) is 44.0 Å². The normalized spacial score (nSPS) is 34.9. The lowest BCUT2D eigenvalue weighted by Crippen LogP contribution is -2.26. The first kappa shape index (κ1) is 10.2. The number of aromatic nitrogens is 1. The van der Waals surface area contributed by atoms with Gasteiger partial charge in [-0.3, -0.25) is 4.98 Å². The van der Waals surface area contributed by atoms with Crippen LogP contribution in [0.4, 0.5) is 0 Å². The van der Waals surface area contributed by atoms with Crippen molar-refractivity contribution in [3.8, 4) is 0 Å². The van der Waals surface area contributed by atoms with E-state index < -0.39 is 5.79 Å². The third kappa shape index (κ3) is 1.64. The van der Waals surface area contributed by atoms with Crippen LogP contribution in [0.1, 0.15) is 43.9 Å². The third-order valence-electron chi connectivity index (χ3n) is 3.77. The van der Waals surface area contributed by atoms with Gasteiger partial charge in [-0.1, -0.05) is 25.3 Å². The molecule has 2 atom stereocenters. The van der Waals surface area contributed by atoms with Crippen molar-refractivity contribution in [2.75, 3.05) is 0 Å². The van der Waals surface area contributed by atoms with Crippen molar-refractivity contribution in [3.05, 3.63) is 30.1 Å². The van der Waals surface area contributed by atoms with Crippen LogP contribution in [0.5, 0.6) is 0 Å². The van der Waals surface area contributed by atoms with Crippen molar-refractivity contribution >= 4 is 0 Å². The Morgan fingerprint density at radius 1 is 1.25 bits per heavy atom. The summed E-state index contributed by atoms with van der Waals surface area (Å²) in [5, 5.41) is 10.4. The van der Waals surface area contributed by atoms with E-state index in [1.54, 1.807) is 6.20 Å². The zero-order chi connectivity index (χ0) is 11.0. The molecular weight excluding hydrogens is 202 g/mol. The highest BCUT2D eigenvalue weighted by molar-refractivity contribution is 5.17. The Bertz CT molecular complexity index is 361. The summed E-state index contributed by atoms with van der Waals surface area (Å²) in [6, 6.07) is 5.74. The standard InChI is InChI=1S/C13H17NO2/c15-13(10-6-2-1-3-7-10)12(16-13)11-8-4-5-9-14-11/h4-5,8-10,12,15H,1-3,6-7H2. The van der Waals surface area contributed by atoms with Crippen LogP contribution in [0.15, 0.2) is 24.4 Å². The lowest BCUT2D eigenvalue weighted by molar-refractivity contribution is -0.0309. The number of epoxide rings is 1. The monoisotopic (exact) mass is 219 g/mol. The van der Waals surface area contributed by atoms with Gasteiger partial charge in [-0.15, -0.1) is 0 Å². The molecule has 3 nitrogen and oxygen atoms in total. The number of hydrogen-bond acceptors (Lipinski definition) is 3. The van der Waals surface area contributed by atoms with E-state index in [4.69, 9.17) is 4.74 Å². The van der Waals surface area contributed by atoms with Gasteiger partial charge >= 0.3 is 0 Å². The Morgan fingerprint density at radius 2 is 2.06 bits per heavy atom. The van der Waals surface area contributed by atoms with Gasteiger partial charge < -0.3 is 9.84 Å². The van der Waals surface area contributed by atoms with Gasteiger partial charge in [-0.05, 0) is 25.0 Å². The predicted molar refractivity (Wildman–Crippen MR) is 59.6 cm³/mol. The summed E-state index contributed by atoms with van der Waals surface area (Å²) in [5.41, 5.74) is 0.857. The molecular formula is C13H17NO2. The number of aliphatic hydroxyl groups is 1. The van der Waals surface area contributed by atoms with Crippen molar-refractivity contribution in [2.24, 2.45) is 5.92 Å². The van der Waals surface area contributed by atoms with Crippen LogP contribution >= 0.6 is 0 Å². The third-order valence-corrected chi connectivity index (χ3v) is 3.77. The Labute approximate surface area is 95.5 Å². The molecule has 0 radical (unpaired) electrons. The summed E-state index contributed by atoms with van der Waals surface area (Å²) in [7, 11) is 0. The molecule has 1 aromatic rings. The molecule has 1 N–H and O–H groups in total. The minimum Gasteiger partial charge on any atom is -0.363 e. The van der Waals surface area contributed by atoms with E-state index in [0.717, 1.165) is 18.5 Å². The van der Waals surface area contributed by atoms with Crippen molar-refractivity contribution < 1.29 is 9.84 Å². The zero-order valence-electron chi connectivity index (χ0n) is 9.30. The minimum atomic E-state index is -0.922. The molecule has 1 saturated carbocycles. The molecule has 1 aliphatic heterocycles. The molecule has 2 aliphatic rings. The molecule has 86 valence electrons. The molecule has 2 unspecified atom stereocenters. The number of pyridine rings is 1. The summed E-state index contributed by atoms with van der Waals surface area (Å²) in [6.45, 7) is 0. The molecule has 3 rings (SSSR count). The fraction of sp³-hybridized carbons (Fsp3) is 0.615. The molecule has 2 fully saturated rings. The highest BCUT2D eigenvalue weighted by Gasteiger charge is 2.61. The molecule has 1 saturated heterocycles. The summed E-state index contributed by atoms with van der Waals surface area (Å²) in [4.78, 5) is 4.25. The van der Waals surface area contributed by atoms with Crippen LogP contribution in [0.25, 0.3) is 0 Å². The topological polar surface area (TPSA) is 45.6 Å². The first-order chi connectivity index (χ1) is 7.81. The fourth-order valence-corrected chi connectivity index (χ4v) is 2.78. The van der Waals surface area contributed by atoms with Crippen LogP contribution in [0.3, 0.4) is 0 Å².